The number of imidazole rings is 1. The van der Waals surface area contributed by atoms with Crippen LogP contribution >= 0.6 is 0 Å². The average Bonchev–Trinajstić information content (AvgIpc) is 3.28. The molecule has 0 radical (unpaired) electrons. The summed E-state index contributed by atoms with van der Waals surface area (Å²) in [6.45, 7) is 3.14. The van der Waals surface area contributed by atoms with Crippen LogP contribution < -0.4 is 5.32 Å². The van der Waals surface area contributed by atoms with Crippen LogP contribution in [-0.2, 0) is 18.4 Å². The zero-order valence-electron chi connectivity index (χ0n) is 14.7. The summed E-state index contributed by atoms with van der Waals surface area (Å²) in [5, 5.41) is 3.07. The lowest BCUT2D eigenvalue weighted by Gasteiger charge is -2.41. The molecule has 3 heterocycles. The highest BCUT2D eigenvalue weighted by atomic mass is 16.2. The number of nitrogens with one attached hydrogen (secondary N) is 2. The Morgan fingerprint density at radius 1 is 1.32 bits per heavy atom. The Morgan fingerprint density at radius 2 is 2.16 bits per heavy atom. The third kappa shape index (κ3) is 2.91. The molecule has 2 aliphatic heterocycles. The summed E-state index contributed by atoms with van der Waals surface area (Å²) in [5.74, 6) is 0. The van der Waals surface area contributed by atoms with Gasteiger partial charge in [-0.1, -0.05) is 30.3 Å². The Bertz CT molecular complexity index is 743. The maximum absolute atomic E-state index is 12.6. The van der Waals surface area contributed by atoms with E-state index in [0.29, 0.717) is 13.1 Å². The first-order valence-corrected chi connectivity index (χ1v) is 9.00. The minimum Gasteiger partial charge on any atom is -0.348 e. The summed E-state index contributed by atoms with van der Waals surface area (Å²) in [6.07, 6.45) is 4.58. The molecule has 2 aromatic rings. The van der Waals surface area contributed by atoms with Gasteiger partial charge < -0.3 is 15.2 Å². The van der Waals surface area contributed by atoms with Gasteiger partial charge in [0.25, 0.3) is 0 Å². The first-order chi connectivity index (χ1) is 12.2. The fourth-order valence-electron chi connectivity index (χ4n) is 4.13. The third-order valence-corrected chi connectivity index (χ3v) is 5.65. The number of hydrogen-bond donors (Lipinski definition) is 2. The number of hydrogen-bond acceptors (Lipinski definition) is 3. The molecule has 1 saturated heterocycles. The molecule has 1 atom stereocenters. The van der Waals surface area contributed by atoms with Crippen molar-refractivity contribution in [1.29, 1.82) is 0 Å². The van der Waals surface area contributed by atoms with E-state index in [1.165, 1.54) is 11.3 Å². The predicted octanol–water partition coefficient (Wildman–Crippen LogP) is 1.75. The number of likely N-dealkylation sites (N-methyl/N-ethyl adjacent to an activating group) is 1. The number of H-pyrrole nitrogens is 1. The lowest BCUT2D eigenvalue weighted by Crippen LogP contribution is -2.51. The number of aromatic nitrogens is 2. The number of carbonyl (C=O) groups is 1. The van der Waals surface area contributed by atoms with Crippen molar-refractivity contribution in [2.24, 2.45) is 0 Å². The van der Waals surface area contributed by atoms with Crippen molar-refractivity contribution in [3.05, 3.63) is 53.6 Å². The average molecular weight is 339 g/mol. The number of amides is 2. The Kier molecular flexibility index (Phi) is 4.21. The van der Waals surface area contributed by atoms with E-state index in [0.717, 1.165) is 38.0 Å². The monoisotopic (exact) mass is 339 g/mol. The number of urea groups is 1. The maximum Gasteiger partial charge on any atom is 0.317 e. The molecule has 0 bridgehead atoms. The minimum atomic E-state index is -0.135. The Hall–Kier alpha value is -2.34. The fraction of sp³-hybridized carbons (Fsp3) is 0.474. The van der Waals surface area contributed by atoms with Gasteiger partial charge in [0.05, 0.1) is 17.6 Å². The van der Waals surface area contributed by atoms with Crippen LogP contribution in [0.25, 0.3) is 0 Å². The number of nitrogens with zero attached hydrogens (tertiary/aromatic N) is 3. The molecule has 0 aliphatic carbocycles. The SMILES string of the molecule is CN1CCc2[nH]cnc2C12CCN(C(=O)NCCc1ccccc1)C2. The van der Waals surface area contributed by atoms with Gasteiger partial charge in [-0.3, -0.25) is 4.90 Å². The van der Waals surface area contributed by atoms with Gasteiger partial charge in [-0.15, -0.1) is 0 Å². The van der Waals surface area contributed by atoms with Crippen LogP contribution in [0.1, 0.15) is 23.4 Å². The maximum atomic E-state index is 12.6. The van der Waals surface area contributed by atoms with E-state index in [1.807, 2.05) is 23.1 Å². The summed E-state index contributed by atoms with van der Waals surface area (Å²) in [7, 11) is 2.15. The molecule has 25 heavy (non-hydrogen) atoms. The van der Waals surface area contributed by atoms with Gasteiger partial charge in [-0.05, 0) is 25.5 Å². The van der Waals surface area contributed by atoms with Crippen LogP contribution in [0.2, 0.25) is 0 Å². The first-order valence-electron chi connectivity index (χ1n) is 9.00. The molecule has 2 aliphatic rings. The molecule has 1 fully saturated rings. The largest absolute Gasteiger partial charge is 0.348 e. The summed E-state index contributed by atoms with van der Waals surface area (Å²) >= 11 is 0. The second kappa shape index (κ2) is 6.52. The molecule has 1 aromatic carbocycles. The molecule has 4 rings (SSSR count). The lowest BCUT2D eigenvalue weighted by molar-refractivity contribution is 0.107. The van der Waals surface area contributed by atoms with Crippen molar-refractivity contribution >= 4 is 6.03 Å². The topological polar surface area (TPSA) is 64.3 Å². The highest BCUT2D eigenvalue weighted by molar-refractivity contribution is 5.74. The Balaban J connectivity index is 1.38. The Labute approximate surface area is 148 Å². The molecule has 132 valence electrons. The van der Waals surface area contributed by atoms with E-state index >= 15 is 0 Å². The van der Waals surface area contributed by atoms with Crippen LogP contribution in [0.3, 0.4) is 0 Å². The fourth-order valence-corrected chi connectivity index (χ4v) is 4.13. The van der Waals surface area contributed by atoms with Crippen LogP contribution in [-0.4, -0.2) is 59.0 Å². The van der Waals surface area contributed by atoms with E-state index < -0.39 is 0 Å². The summed E-state index contributed by atoms with van der Waals surface area (Å²) in [4.78, 5) is 24.7. The molecular weight excluding hydrogens is 314 g/mol. The standard InChI is InChI=1S/C19H25N5O/c1-23-11-8-16-17(22-14-21-16)19(23)9-12-24(13-19)18(25)20-10-7-15-5-3-2-4-6-15/h2-6,14H,7-13H2,1H3,(H,20,25)(H,21,22). The molecule has 0 saturated carbocycles. The lowest BCUT2D eigenvalue weighted by atomic mass is 9.87. The van der Waals surface area contributed by atoms with E-state index in [1.54, 1.807) is 6.33 Å². The van der Waals surface area contributed by atoms with Crippen molar-refractivity contribution in [2.75, 3.05) is 33.2 Å². The molecule has 6 nitrogen and oxygen atoms in total. The zero-order chi connectivity index (χ0) is 17.3. The number of fused-ring (bicyclic) bond motifs is 2. The number of benzene rings is 1. The zero-order valence-corrected chi connectivity index (χ0v) is 14.7. The molecule has 2 N–H and O–H groups in total. The van der Waals surface area contributed by atoms with E-state index in [-0.39, 0.29) is 11.6 Å². The molecule has 1 spiro atoms. The van der Waals surface area contributed by atoms with Gasteiger partial charge >= 0.3 is 6.03 Å². The number of rotatable bonds is 3. The molecular formula is C19H25N5O. The van der Waals surface area contributed by atoms with E-state index in [2.05, 4.69) is 39.4 Å². The summed E-state index contributed by atoms with van der Waals surface area (Å²) in [5.41, 5.74) is 3.46. The second-order valence-corrected chi connectivity index (χ2v) is 7.07. The van der Waals surface area contributed by atoms with Crippen LogP contribution in [0.15, 0.2) is 36.7 Å². The van der Waals surface area contributed by atoms with Crippen LogP contribution in [0.5, 0.6) is 0 Å². The van der Waals surface area contributed by atoms with Crippen LogP contribution in [0.4, 0.5) is 4.79 Å². The van der Waals surface area contributed by atoms with Gasteiger partial charge in [0.1, 0.15) is 0 Å². The minimum absolute atomic E-state index is 0.0314. The molecule has 6 heteroatoms. The van der Waals surface area contributed by atoms with Gasteiger partial charge in [-0.25, -0.2) is 9.78 Å². The van der Waals surface area contributed by atoms with Gasteiger partial charge in [0, 0.05) is 38.3 Å². The van der Waals surface area contributed by atoms with Crippen molar-refractivity contribution in [3.63, 3.8) is 0 Å². The second-order valence-electron chi connectivity index (χ2n) is 7.07. The molecule has 1 aromatic heterocycles. The van der Waals surface area contributed by atoms with Crippen molar-refractivity contribution < 1.29 is 4.79 Å². The summed E-state index contributed by atoms with van der Waals surface area (Å²) < 4.78 is 0. The molecule has 1 unspecified atom stereocenters. The van der Waals surface area contributed by atoms with Crippen molar-refractivity contribution in [1.82, 2.24) is 25.1 Å². The van der Waals surface area contributed by atoms with Gasteiger partial charge in [0.2, 0.25) is 0 Å². The number of aromatic amines is 1. The van der Waals surface area contributed by atoms with Gasteiger partial charge in [0.15, 0.2) is 0 Å². The molecule has 2 amide bonds. The highest BCUT2D eigenvalue weighted by Gasteiger charge is 2.48. The van der Waals surface area contributed by atoms with Gasteiger partial charge in [-0.2, -0.15) is 0 Å². The number of carbonyl (C=O) groups excluding carboxylic acids is 1. The smallest absolute Gasteiger partial charge is 0.317 e. The third-order valence-electron chi connectivity index (χ3n) is 5.65. The van der Waals surface area contributed by atoms with Crippen molar-refractivity contribution in [2.45, 2.75) is 24.8 Å². The van der Waals surface area contributed by atoms with E-state index in [4.69, 9.17) is 0 Å². The van der Waals surface area contributed by atoms with Crippen molar-refractivity contribution in [3.8, 4) is 0 Å². The first kappa shape index (κ1) is 16.1. The summed E-state index contributed by atoms with van der Waals surface area (Å²) in [6, 6.07) is 10.3. The quantitative estimate of drug-likeness (QED) is 0.895. The van der Waals surface area contributed by atoms with Crippen LogP contribution in [0, 0.1) is 0 Å². The van der Waals surface area contributed by atoms with E-state index in [9.17, 15) is 4.79 Å². The number of likely N-dealkylation sites (tertiary alicyclic amines) is 1. The Morgan fingerprint density at radius 3 is 3.00 bits per heavy atom. The predicted molar refractivity (Wildman–Crippen MR) is 96.3 cm³/mol. The normalized spacial score (nSPS) is 23.0. The highest BCUT2D eigenvalue weighted by Crippen LogP contribution is 2.40.